The Balaban J connectivity index is 2.36. The predicted octanol–water partition coefficient (Wildman–Crippen LogP) is 4.24. The van der Waals surface area contributed by atoms with Crippen molar-refractivity contribution in [1.29, 1.82) is 5.26 Å². The molecule has 0 amide bonds. The van der Waals surface area contributed by atoms with Gasteiger partial charge in [0.1, 0.15) is 23.2 Å². The number of hydrogen-bond donors (Lipinski definition) is 1. The highest BCUT2D eigenvalue weighted by Crippen LogP contribution is 2.29. The third-order valence-electron chi connectivity index (χ3n) is 2.47. The van der Waals surface area contributed by atoms with Crippen molar-refractivity contribution in [3.05, 3.63) is 51.7 Å². The zero-order chi connectivity index (χ0) is 14.7. The van der Waals surface area contributed by atoms with Gasteiger partial charge < -0.3 is 9.52 Å². The summed E-state index contributed by atoms with van der Waals surface area (Å²) in [6, 6.07) is 9.80. The molecule has 2 rings (SSSR count). The Morgan fingerprint density at radius 3 is 2.60 bits per heavy atom. The summed E-state index contributed by atoms with van der Waals surface area (Å²) >= 11 is 11.7. The van der Waals surface area contributed by atoms with E-state index in [0.717, 1.165) is 6.08 Å². The van der Waals surface area contributed by atoms with Gasteiger partial charge in [0.25, 0.3) is 0 Å². The minimum atomic E-state index is -1.31. The van der Waals surface area contributed by atoms with Gasteiger partial charge in [-0.25, -0.2) is 4.79 Å². The number of rotatable bonds is 3. The molecule has 0 aliphatic rings. The standard InChI is InChI=1S/C14H7Cl2NO3/c15-11-3-1-8(6-12(11)16)13-4-2-10(20-13)5-9(7-17)14(18)19/h1-6H,(H,18,19)/b9-5-. The summed E-state index contributed by atoms with van der Waals surface area (Å²) in [6.07, 6.45) is 1.16. The fourth-order valence-corrected chi connectivity index (χ4v) is 1.82. The van der Waals surface area contributed by atoms with E-state index in [-0.39, 0.29) is 5.76 Å². The minimum absolute atomic E-state index is 0.269. The van der Waals surface area contributed by atoms with Gasteiger partial charge in [0, 0.05) is 11.6 Å². The average molecular weight is 308 g/mol. The van der Waals surface area contributed by atoms with Gasteiger partial charge in [-0.05, 0) is 30.3 Å². The van der Waals surface area contributed by atoms with Gasteiger partial charge in [0.2, 0.25) is 0 Å². The number of carboxylic acids is 1. The third-order valence-corrected chi connectivity index (χ3v) is 3.21. The second-order valence-corrected chi connectivity index (χ2v) is 4.62. The predicted molar refractivity (Wildman–Crippen MR) is 75.4 cm³/mol. The molecule has 4 nitrogen and oxygen atoms in total. The van der Waals surface area contributed by atoms with Crippen molar-refractivity contribution in [3.8, 4) is 17.4 Å². The van der Waals surface area contributed by atoms with Gasteiger partial charge >= 0.3 is 5.97 Å². The molecule has 1 aromatic heterocycles. The maximum Gasteiger partial charge on any atom is 0.346 e. The summed E-state index contributed by atoms with van der Waals surface area (Å²) in [6.45, 7) is 0. The van der Waals surface area contributed by atoms with Crippen LogP contribution in [0.3, 0.4) is 0 Å². The number of carboxylic acid groups (broad SMARTS) is 1. The first-order valence-electron chi connectivity index (χ1n) is 5.41. The van der Waals surface area contributed by atoms with Crippen LogP contribution in [-0.4, -0.2) is 11.1 Å². The first kappa shape index (κ1) is 14.2. The number of aliphatic carboxylic acids is 1. The maximum absolute atomic E-state index is 10.7. The lowest BCUT2D eigenvalue weighted by atomic mass is 10.2. The van der Waals surface area contributed by atoms with Crippen LogP contribution in [-0.2, 0) is 4.79 Å². The van der Waals surface area contributed by atoms with E-state index < -0.39 is 11.5 Å². The number of hydrogen-bond acceptors (Lipinski definition) is 3. The Hall–Kier alpha value is -2.22. The molecule has 0 aliphatic carbocycles. The number of carbonyl (C=O) groups is 1. The Labute approximate surface area is 124 Å². The van der Waals surface area contributed by atoms with Crippen LogP contribution in [0.5, 0.6) is 0 Å². The van der Waals surface area contributed by atoms with Gasteiger partial charge in [0.15, 0.2) is 0 Å². The summed E-state index contributed by atoms with van der Waals surface area (Å²) in [7, 11) is 0. The van der Waals surface area contributed by atoms with Crippen molar-refractivity contribution < 1.29 is 14.3 Å². The number of nitriles is 1. The molecule has 0 bridgehead atoms. The molecule has 20 heavy (non-hydrogen) atoms. The quantitative estimate of drug-likeness (QED) is 0.679. The van der Waals surface area contributed by atoms with Crippen molar-refractivity contribution in [3.63, 3.8) is 0 Å². The normalized spacial score (nSPS) is 11.2. The van der Waals surface area contributed by atoms with Crippen LogP contribution < -0.4 is 0 Å². The van der Waals surface area contributed by atoms with Gasteiger partial charge in [-0.2, -0.15) is 5.26 Å². The fourth-order valence-electron chi connectivity index (χ4n) is 1.52. The largest absolute Gasteiger partial charge is 0.477 e. The molecule has 1 N–H and O–H groups in total. The summed E-state index contributed by atoms with van der Waals surface area (Å²) in [5.74, 6) is -0.539. The van der Waals surface area contributed by atoms with Crippen LogP contribution in [0, 0.1) is 11.3 Å². The molecule has 0 fully saturated rings. The molecule has 6 heteroatoms. The number of furan rings is 1. The Bertz CT molecular complexity index is 741. The molecule has 0 radical (unpaired) electrons. The molecule has 0 saturated carbocycles. The molecular weight excluding hydrogens is 301 g/mol. The maximum atomic E-state index is 10.7. The number of benzene rings is 1. The van der Waals surface area contributed by atoms with Gasteiger partial charge in [-0.1, -0.05) is 23.2 Å². The van der Waals surface area contributed by atoms with Crippen molar-refractivity contribution in [2.45, 2.75) is 0 Å². The third kappa shape index (κ3) is 3.02. The van der Waals surface area contributed by atoms with E-state index in [0.29, 0.717) is 21.4 Å². The van der Waals surface area contributed by atoms with Gasteiger partial charge in [-0.15, -0.1) is 0 Å². The highest BCUT2D eigenvalue weighted by atomic mass is 35.5. The van der Waals surface area contributed by atoms with Crippen LogP contribution in [0.4, 0.5) is 0 Å². The van der Waals surface area contributed by atoms with Crippen LogP contribution in [0.15, 0.2) is 40.3 Å². The number of halogens is 2. The SMILES string of the molecule is N#C/C(=C/c1ccc(-c2ccc(Cl)c(Cl)c2)o1)C(=O)O. The van der Waals surface area contributed by atoms with E-state index in [9.17, 15) is 4.79 Å². The second-order valence-electron chi connectivity index (χ2n) is 3.81. The molecule has 0 spiro atoms. The molecule has 2 aromatic rings. The highest BCUT2D eigenvalue weighted by molar-refractivity contribution is 6.42. The molecule has 100 valence electrons. The minimum Gasteiger partial charge on any atom is -0.477 e. The monoisotopic (exact) mass is 307 g/mol. The zero-order valence-corrected chi connectivity index (χ0v) is 11.4. The zero-order valence-electron chi connectivity index (χ0n) is 9.93. The summed E-state index contributed by atoms with van der Waals surface area (Å²) < 4.78 is 5.45. The Morgan fingerprint density at radius 2 is 2.00 bits per heavy atom. The lowest BCUT2D eigenvalue weighted by Crippen LogP contribution is -1.96. The van der Waals surface area contributed by atoms with Crippen molar-refractivity contribution in [1.82, 2.24) is 0 Å². The van der Waals surface area contributed by atoms with E-state index in [1.54, 1.807) is 36.4 Å². The van der Waals surface area contributed by atoms with Crippen molar-refractivity contribution in [2.75, 3.05) is 0 Å². The molecule has 1 heterocycles. The Morgan fingerprint density at radius 1 is 1.25 bits per heavy atom. The first-order valence-corrected chi connectivity index (χ1v) is 6.17. The van der Waals surface area contributed by atoms with Crippen LogP contribution >= 0.6 is 23.2 Å². The smallest absolute Gasteiger partial charge is 0.346 e. The lowest BCUT2D eigenvalue weighted by Gasteiger charge is -1.99. The summed E-state index contributed by atoms with van der Waals surface area (Å²) in [5.41, 5.74) is 0.299. The molecule has 0 saturated heterocycles. The van der Waals surface area contributed by atoms with Crippen LogP contribution in [0.2, 0.25) is 10.0 Å². The molecule has 0 atom stereocenters. The first-order chi connectivity index (χ1) is 9.51. The average Bonchev–Trinajstić information content (AvgIpc) is 2.87. The Kier molecular flexibility index (Phi) is 4.14. The molecule has 1 aromatic carbocycles. The van der Waals surface area contributed by atoms with E-state index in [1.165, 1.54) is 0 Å². The van der Waals surface area contributed by atoms with E-state index in [2.05, 4.69) is 0 Å². The van der Waals surface area contributed by atoms with E-state index in [1.807, 2.05) is 0 Å². The summed E-state index contributed by atoms with van der Waals surface area (Å²) in [4.78, 5) is 10.7. The number of nitrogens with zero attached hydrogens (tertiary/aromatic N) is 1. The second kappa shape index (κ2) is 5.83. The fraction of sp³-hybridized carbons (Fsp3) is 0. The van der Waals surface area contributed by atoms with Crippen molar-refractivity contribution in [2.24, 2.45) is 0 Å². The van der Waals surface area contributed by atoms with Crippen molar-refractivity contribution >= 4 is 35.2 Å². The lowest BCUT2D eigenvalue weighted by molar-refractivity contribution is -0.132. The van der Waals surface area contributed by atoms with Gasteiger partial charge in [0.05, 0.1) is 10.0 Å². The van der Waals surface area contributed by atoms with Crippen LogP contribution in [0.1, 0.15) is 5.76 Å². The van der Waals surface area contributed by atoms with E-state index >= 15 is 0 Å². The van der Waals surface area contributed by atoms with Gasteiger partial charge in [-0.3, -0.25) is 0 Å². The molecular formula is C14H7Cl2NO3. The van der Waals surface area contributed by atoms with Crippen LogP contribution in [0.25, 0.3) is 17.4 Å². The van der Waals surface area contributed by atoms with E-state index in [4.69, 9.17) is 38.0 Å². The molecule has 0 unspecified atom stereocenters. The molecule has 0 aliphatic heterocycles. The summed E-state index contributed by atoms with van der Waals surface area (Å²) in [5, 5.41) is 18.3. The highest BCUT2D eigenvalue weighted by Gasteiger charge is 2.09. The topological polar surface area (TPSA) is 74.2 Å².